The maximum atomic E-state index is 13.5. The second kappa shape index (κ2) is 7.26. The maximum absolute atomic E-state index is 13.5. The summed E-state index contributed by atoms with van der Waals surface area (Å²) in [6.45, 7) is 4.70. The molecule has 1 fully saturated rings. The first kappa shape index (κ1) is 18.5. The monoisotopic (exact) mass is 403 g/mol. The lowest BCUT2D eigenvalue weighted by molar-refractivity contribution is 0.256. The lowest BCUT2D eigenvalue weighted by Gasteiger charge is -2.16. The Labute approximate surface area is 166 Å². The summed E-state index contributed by atoms with van der Waals surface area (Å²) in [4.78, 5) is 4.36. The van der Waals surface area contributed by atoms with Crippen molar-refractivity contribution < 1.29 is 9.13 Å². The van der Waals surface area contributed by atoms with Crippen LogP contribution in [0.4, 0.5) is 4.39 Å². The number of hydrogen-bond donors (Lipinski definition) is 0. The Morgan fingerprint density at radius 3 is 2.67 bits per heavy atom. The van der Waals surface area contributed by atoms with E-state index in [4.69, 9.17) is 16.3 Å². The Morgan fingerprint density at radius 1 is 1.22 bits per heavy atom. The summed E-state index contributed by atoms with van der Waals surface area (Å²) in [5.41, 5.74) is 1.16. The number of rotatable bonds is 6. The Hall–Kier alpha value is -1.89. The molecule has 3 aromatic rings. The van der Waals surface area contributed by atoms with E-state index in [1.807, 2.05) is 28.9 Å². The Kier molecular flexibility index (Phi) is 4.97. The molecule has 0 radical (unpaired) electrons. The zero-order valence-corrected chi connectivity index (χ0v) is 16.5. The van der Waals surface area contributed by atoms with E-state index < -0.39 is 5.60 Å². The molecule has 4 rings (SSSR count). The lowest BCUT2D eigenvalue weighted by Crippen LogP contribution is -2.21. The summed E-state index contributed by atoms with van der Waals surface area (Å²) in [5, 5.41) is 6.26. The van der Waals surface area contributed by atoms with Gasteiger partial charge in [0.15, 0.2) is 5.16 Å². The smallest absolute Gasteiger partial charge is 0.186 e. The van der Waals surface area contributed by atoms with Crippen LogP contribution in [0.25, 0.3) is 0 Å². The van der Waals surface area contributed by atoms with Gasteiger partial charge < -0.3 is 4.74 Å². The summed E-state index contributed by atoms with van der Waals surface area (Å²) in [5.74, 6) is -0.277. The molecule has 0 spiro atoms. The van der Waals surface area contributed by atoms with Crippen LogP contribution in [0, 0.1) is 5.82 Å². The van der Waals surface area contributed by atoms with E-state index in [2.05, 4.69) is 23.9 Å². The molecule has 140 valence electrons. The molecule has 0 amide bonds. The molecule has 1 aliphatic rings. The zero-order chi connectivity index (χ0) is 19.0. The van der Waals surface area contributed by atoms with Crippen LogP contribution in [0.5, 0.6) is 0 Å². The molecule has 0 bridgehead atoms. The fraction of sp³-hybridized carbons (Fsp3) is 0.300. The zero-order valence-electron chi connectivity index (χ0n) is 15.0. The van der Waals surface area contributed by atoms with Crippen LogP contribution in [-0.2, 0) is 16.9 Å². The van der Waals surface area contributed by atoms with Crippen molar-refractivity contribution in [2.45, 2.75) is 42.5 Å². The van der Waals surface area contributed by atoms with Crippen molar-refractivity contribution in [3.63, 3.8) is 0 Å². The minimum absolute atomic E-state index is 0.224. The molecule has 1 aromatic heterocycles. The summed E-state index contributed by atoms with van der Waals surface area (Å²) in [7, 11) is 0. The number of halogens is 2. The molecule has 4 nitrogen and oxygen atoms in total. The van der Waals surface area contributed by atoms with E-state index in [0.29, 0.717) is 16.8 Å². The molecular weight excluding hydrogens is 385 g/mol. The van der Waals surface area contributed by atoms with Crippen molar-refractivity contribution in [3.8, 4) is 0 Å². The number of benzene rings is 2. The van der Waals surface area contributed by atoms with Crippen LogP contribution in [0.15, 0.2) is 60.0 Å². The second-order valence-corrected chi connectivity index (χ2v) is 8.73. The molecule has 0 N–H and O–H groups in total. The minimum Gasteiger partial charge on any atom is -0.354 e. The second-order valence-electron chi connectivity index (χ2n) is 6.78. The summed E-state index contributed by atoms with van der Waals surface area (Å²) in [6, 6.07) is 14.1. The van der Waals surface area contributed by atoms with Crippen LogP contribution in [0.1, 0.15) is 31.1 Å². The van der Waals surface area contributed by atoms with Gasteiger partial charge in [0.1, 0.15) is 23.8 Å². The number of ether oxygens (including phenoxy) is 1. The standard InChI is InChI=1S/C20H19ClFN3OS/c1-13(2)27-19-23-12-24-25(19)11-20(14-7-9-15(22)10-8-14)18(26-20)16-5-3-4-6-17(16)21/h3-10,12-13,18H,11H2,1-2H3/t18-,20-/m0/s1. The number of aromatic nitrogens is 3. The van der Waals surface area contributed by atoms with Crippen molar-refractivity contribution in [1.29, 1.82) is 0 Å². The fourth-order valence-electron chi connectivity index (χ4n) is 3.23. The Balaban J connectivity index is 1.72. The molecule has 0 saturated carbocycles. The van der Waals surface area contributed by atoms with Gasteiger partial charge >= 0.3 is 0 Å². The molecule has 27 heavy (non-hydrogen) atoms. The van der Waals surface area contributed by atoms with Crippen molar-refractivity contribution in [3.05, 3.63) is 76.8 Å². The molecule has 2 heterocycles. The third kappa shape index (κ3) is 3.61. The normalized spacial score (nSPS) is 21.6. The third-order valence-corrected chi connectivity index (χ3v) is 5.86. The summed E-state index contributed by atoms with van der Waals surface area (Å²) < 4.78 is 21.5. The predicted octanol–water partition coefficient (Wildman–Crippen LogP) is 5.24. The maximum Gasteiger partial charge on any atom is 0.186 e. The van der Waals surface area contributed by atoms with Gasteiger partial charge in [0.2, 0.25) is 0 Å². The molecular formula is C20H19ClFN3OS. The van der Waals surface area contributed by atoms with Crippen LogP contribution >= 0.6 is 23.4 Å². The van der Waals surface area contributed by atoms with Gasteiger partial charge in [-0.25, -0.2) is 14.1 Å². The largest absolute Gasteiger partial charge is 0.354 e. The van der Waals surface area contributed by atoms with E-state index in [1.54, 1.807) is 30.2 Å². The van der Waals surface area contributed by atoms with Gasteiger partial charge in [-0.15, -0.1) is 0 Å². The highest BCUT2D eigenvalue weighted by Crippen LogP contribution is 2.59. The lowest BCUT2D eigenvalue weighted by atomic mass is 9.91. The van der Waals surface area contributed by atoms with Crippen molar-refractivity contribution in [2.24, 2.45) is 0 Å². The first-order chi connectivity index (χ1) is 13.0. The molecule has 2 aromatic carbocycles. The highest BCUT2D eigenvalue weighted by atomic mass is 35.5. The third-order valence-electron chi connectivity index (χ3n) is 4.52. The molecule has 0 unspecified atom stereocenters. The molecule has 1 saturated heterocycles. The highest BCUT2D eigenvalue weighted by molar-refractivity contribution is 7.99. The van der Waals surface area contributed by atoms with Gasteiger partial charge in [0.05, 0.1) is 6.54 Å². The van der Waals surface area contributed by atoms with Crippen molar-refractivity contribution in [2.75, 3.05) is 0 Å². The average Bonchev–Trinajstić information content (AvgIpc) is 3.20. The van der Waals surface area contributed by atoms with Gasteiger partial charge in [0.25, 0.3) is 0 Å². The molecule has 2 atom stereocenters. The van der Waals surface area contributed by atoms with Crippen molar-refractivity contribution in [1.82, 2.24) is 14.8 Å². The van der Waals surface area contributed by atoms with Gasteiger partial charge in [-0.05, 0) is 23.8 Å². The van der Waals surface area contributed by atoms with Crippen LogP contribution < -0.4 is 0 Å². The van der Waals surface area contributed by atoms with Gasteiger partial charge in [-0.3, -0.25) is 0 Å². The predicted molar refractivity (Wildman–Crippen MR) is 104 cm³/mol. The van der Waals surface area contributed by atoms with E-state index in [1.165, 1.54) is 12.1 Å². The highest BCUT2D eigenvalue weighted by Gasteiger charge is 2.59. The molecule has 7 heteroatoms. The molecule has 0 aliphatic carbocycles. The number of epoxide rings is 1. The van der Waals surface area contributed by atoms with Gasteiger partial charge in [-0.1, -0.05) is 67.5 Å². The van der Waals surface area contributed by atoms with Crippen LogP contribution in [0.2, 0.25) is 5.02 Å². The summed E-state index contributed by atoms with van der Waals surface area (Å²) >= 11 is 8.05. The van der Waals surface area contributed by atoms with Gasteiger partial charge in [-0.2, -0.15) is 5.10 Å². The fourth-order valence-corrected chi connectivity index (χ4v) is 4.23. The summed E-state index contributed by atoms with van der Waals surface area (Å²) in [6.07, 6.45) is 1.33. The first-order valence-electron chi connectivity index (χ1n) is 8.72. The van der Waals surface area contributed by atoms with Crippen LogP contribution in [-0.4, -0.2) is 20.0 Å². The Morgan fingerprint density at radius 2 is 1.96 bits per heavy atom. The Bertz CT molecular complexity index is 946. The van der Waals surface area contributed by atoms with E-state index >= 15 is 0 Å². The topological polar surface area (TPSA) is 43.2 Å². The number of thioether (sulfide) groups is 1. The van der Waals surface area contributed by atoms with Gasteiger partial charge in [0, 0.05) is 15.8 Å². The average molecular weight is 404 g/mol. The van der Waals surface area contributed by atoms with E-state index in [9.17, 15) is 4.39 Å². The SMILES string of the molecule is CC(C)Sc1ncnn1C[C@@]1(c2ccc(F)cc2)O[C@H]1c1ccccc1Cl. The quantitative estimate of drug-likeness (QED) is 0.417. The van der Waals surface area contributed by atoms with E-state index in [-0.39, 0.29) is 11.9 Å². The minimum atomic E-state index is -0.654. The number of hydrogen-bond acceptors (Lipinski definition) is 4. The van der Waals surface area contributed by atoms with Crippen LogP contribution in [0.3, 0.4) is 0 Å². The first-order valence-corrected chi connectivity index (χ1v) is 9.98. The van der Waals surface area contributed by atoms with E-state index in [0.717, 1.165) is 16.3 Å². The van der Waals surface area contributed by atoms with Crippen molar-refractivity contribution >= 4 is 23.4 Å². The molecule has 1 aliphatic heterocycles. The number of nitrogens with zero attached hydrogens (tertiary/aromatic N) is 3.